The van der Waals surface area contributed by atoms with Gasteiger partial charge in [0.25, 0.3) is 0 Å². The lowest BCUT2D eigenvalue weighted by molar-refractivity contribution is -0.289. The Morgan fingerprint density at radius 3 is 2.11 bits per heavy atom. The summed E-state index contributed by atoms with van der Waals surface area (Å²) >= 11 is 0. The molecule has 0 spiro atoms. The van der Waals surface area contributed by atoms with Crippen LogP contribution >= 0.6 is 7.60 Å². The molecule has 3 rings (SSSR count). The molecule has 1 saturated heterocycles. The maximum atomic E-state index is 13.5. The Labute approximate surface area is 201 Å². The molecule has 3 unspecified atom stereocenters. The lowest BCUT2D eigenvalue weighted by atomic mass is 9.98. The number of rotatable bonds is 7. The zero-order chi connectivity index (χ0) is 25.8. The molecule has 0 bridgehead atoms. The topological polar surface area (TPSA) is 150 Å². The first-order chi connectivity index (χ1) is 16.5. The molecule has 2 aliphatic rings. The third kappa shape index (κ3) is 7.03. The minimum atomic E-state index is -3.84. The fourth-order valence-corrected chi connectivity index (χ4v) is 5.48. The van der Waals surface area contributed by atoms with Crippen LogP contribution in [0.4, 0.5) is 0 Å². The lowest BCUT2D eigenvalue weighted by Gasteiger charge is -2.44. The van der Waals surface area contributed by atoms with E-state index in [4.69, 9.17) is 32.7 Å². The normalized spacial score (nSPS) is 29.7. The Kier molecular flexibility index (Phi) is 8.52. The highest BCUT2D eigenvalue weighted by Crippen LogP contribution is 2.55. The van der Waals surface area contributed by atoms with E-state index < -0.39 is 68.8 Å². The van der Waals surface area contributed by atoms with Crippen molar-refractivity contribution in [1.29, 1.82) is 0 Å². The fraction of sp³-hybridized carbons (Fsp3) is 0.545. The minimum Gasteiger partial charge on any atom is -0.463 e. The summed E-state index contributed by atoms with van der Waals surface area (Å²) in [6.07, 6.45) is -6.66. The largest absolute Gasteiger partial charge is 0.463 e. The molecule has 13 heteroatoms. The third-order valence-corrected chi connectivity index (χ3v) is 6.85. The second-order valence-electron chi connectivity index (χ2n) is 7.96. The Bertz CT molecular complexity index is 1020. The Morgan fingerprint density at radius 2 is 1.49 bits per heavy atom. The van der Waals surface area contributed by atoms with Crippen LogP contribution in [0.2, 0.25) is 0 Å². The molecule has 6 atom stereocenters. The molecule has 0 amide bonds. The van der Waals surface area contributed by atoms with Crippen molar-refractivity contribution in [3.05, 3.63) is 29.8 Å². The molecule has 0 radical (unpaired) electrons. The molecule has 35 heavy (non-hydrogen) atoms. The van der Waals surface area contributed by atoms with Gasteiger partial charge < -0.3 is 28.2 Å². The molecule has 0 aromatic heterocycles. The van der Waals surface area contributed by atoms with Gasteiger partial charge in [0.1, 0.15) is 18.5 Å². The summed E-state index contributed by atoms with van der Waals surface area (Å²) in [5.74, 6) is -2.63. The van der Waals surface area contributed by atoms with Gasteiger partial charge in [-0.1, -0.05) is 18.2 Å². The smallest absolute Gasteiger partial charge is 0.381 e. The molecule has 0 aliphatic carbocycles. The molecule has 2 heterocycles. The van der Waals surface area contributed by atoms with Gasteiger partial charge in [-0.2, -0.15) is 0 Å². The Hall–Kier alpha value is -2.95. The van der Waals surface area contributed by atoms with Crippen molar-refractivity contribution >= 4 is 31.5 Å². The number of esters is 4. The van der Waals surface area contributed by atoms with E-state index in [2.05, 4.69) is 0 Å². The van der Waals surface area contributed by atoms with Crippen molar-refractivity contribution in [3.63, 3.8) is 0 Å². The molecule has 12 nitrogen and oxygen atoms in total. The van der Waals surface area contributed by atoms with Crippen molar-refractivity contribution in [2.75, 3.05) is 12.8 Å². The van der Waals surface area contributed by atoms with Gasteiger partial charge in [0, 0.05) is 27.7 Å². The number of para-hydroxylation sites is 1. The first-order valence-corrected chi connectivity index (χ1v) is 12.6. The molecule has 1 aromatic rings. The molecule has 2 aliphatic heterocycles. The average molecular weight is 514 g/mol. The molecular formula is C22H27O12P. The molecule has 192 valence electrons. The molecular weight excluding hydrogens is 487 g/mol. The van der Waals surface area contributed by atoms with E-state index >= 15 is 0 Å². The van der Waals surface area contributed by atoms with Crippen LogP contribution < -0.4 is 4.52 Å². The highest BCUT2D eigenvalue weighted by Gasteiger charge is 2.54. The van der Waals surface area contributed by atoms with E-state index in [9.17, 15) is 23.7 Å². The van der Waals surface area contributed by atoms with Crippen LogP contribution in [0.25, 0.3) is 0 Å². The summed E-state index contributed by atoms with van der Waals surface area (Å²) < 4.78 is 51.7. The van der Waals surface area contributed by atoms with Gasteiger partial charge in [-0.05, 0) is 18.1 Å². The number of hydrogen-bond acceptors (Lipinski definition) is 12. The summed E-state index contributed by atoms with van der Waals surface area (Å²) in [5, 5.41) is 0. The van der Waals surface area contributed by atoms with Crippen molar-refractivity contribution in [2.45, 2.75) is 64.8 Å². The van der Waals surface area contributed by atoms with Crippen LogP contribution in [0.3, 0.4) is 0 Å². The van der Waals surface area contributed by atoms with Crippen LogP contribution in [-0.2, 0) is 58.4 Å². The quantitative estimate of drug-likeness (QED) is 0.297. The van der Waals surface area contributed by atoms with Crippen LogP contribution in [0.15, 0.2) is 24.3 Å². The average Bonchev–Trinajstić information content (AvgIpc) is 2.75. The summed E-state index contributed by atoms with van der Waals surface area (Å²) in [4.78, 5) is 47.0. The van der Waals surface area contributed by atoms with E-state index in [0.717, 1.165) is 33.3 Å². The highest BCUT2D eigenvalue weighted by molar-refractivity contribution is 7.54. The maximum absolute atomic E-state index is 13.5. The molecule has 1 fully saturated rings. The van der Waals surface area contributed by atoms with Crippen LogP contribution in [0.1, 0.15) is 33.3 Å². The zero-order valence-corrected chi connectivity index (χ0v) is 20.6. The summed E-state index contributed by atoms with van der Waals surface area (Å²) in [6, 6.07) is 6.99. The van der Waals surface area contributed by atoms with Gasteiger partial charge in [-0.3, -0.25) is 23.7 Å². The van der Waals surface area contributed by atoms with Crippen LogP contribution in [0.5, 0.6) is 5.75 Å². The SMILES string of the molecule is CC(=O)OCC1O[C@H](OP2(=O)CCc3ccccc3O2)C(OC(C)=O)[C@@H](OC(C)=O)[C@@H]1OC(C)=O. The summed E-state index contributed by atoms with van der Waals surface area (Å²) in [5.41, 5.74) is 0.837. The number of hydrogen-bond donors (Lipinski definition) is 0. The molecule has 1 aromatic carbocycles. The predicted octanol–water partition coefficient (Wildman–Crippen LogP) is 1.91. The molecule has 0 saturated carbocycles. The number of carbonyl (C=O) groups is 4. The fourth-order valence-electron chi connectivity index (χ4n) is 3.76. The highest BCUT2D eigenvalue weighted by atomic mass is 31.2. The van der Waals surface area contributed by atoms with Crippen LogP contribution in [0, 0.1) is 0 Å². The van der Waals surface area contributed by atoms with E-state index in [-0.39, 0.29) is 6.16 Å². The maximum Gasteiger partial charge on any atom is 0.381 e. The van der Waals surface area contributed by atoms with Gasteiger partial charge in [-0.25, -0.2) is 4.57 Å². The summed E-state index contributed by atoms with van der Waals surface area (Å²) in [6.45, 7) is 4.05. The van der Waals surface area contributed by atoms with Gasteiger partial charge in [0.05, 0.1) is 6.16 Å². The van der Waals surface area contributed by atoms with E-state index in [1.165, 1.54) is 0 Å². The second-order valence-corrected chi connectivity index (χ2v) is 10.0. The number of fused-ring (bicyclic) bond motifs is 1. The van der Waals surface area contributed by atoms with Gasteiger partial charge in [0.2, 0.25) is 6.29 Å². The van der Waals surface area contributed by atoms with Crippen molar-refractivity contribution in [2.24, 2.45) is 0 Å². The van der Waals surface area contributed by atoms with Crippen molar-refractivity contribution < 1.29 is 56.5 Å². The van der Waals surface area contributed by atoms with E-state index in [1.54, 1.807) is 12.1 Å². The third-order valence-electron chi connectivity index (χ3n) is 5.08. The Balaban J connectivity index is 1.95. The number of benzene rings is 1. The number of carbonyl (C=O) groups excluding carboxylic acids is 4. The van der Waals surface area contributed by atoms with E-state index in [0.29, 0.717) is 12.2 Å². The summed E-state index contributed by atoms with van der Waals surface area (Å²) in [7, 11) is -3.84. The Morgan fingerprint density at radius 1 is 0.886 bits per heavy atom. The minimum absolute atomic E-state index is 0.00309. The van der Waals surface area contributed by atoms with Crippen molar-refractivity contribution in [1.82, 2.24) is 0 Å². The van der Waals surface area contributed by atoms with Gasteiger partial charge in [0.15, 0.2) is 18.3 Å². The predicted molar refractivity (Wildman–Crippen MR) is 116 cm³/mol. The standard InChI is InChI=1S/C22H27O12P/c1-12(23)28-11-18-19(29-13(2)24)20(30-14(3)25)21(31-15(4)26)22(32-18)34-35(27)10-9-16-7-5-6-8-17(16)33-35/h5-8,18-22H,9-11H2,1-4H3/t18?,19-,20+,21?,22-,35?/m1/s1. The van der Waals surface area contributed by atoms with Crippen molar-refractivity contribution in [3.8, 4) is 5.75 Å². The number of ether oxygens (including phenoxy) is 5. The molecule has 0 N–H and O–H groups in total. The first kappa shape index (κ1) is 26.7. The number of aryl methyl sites for hydroxylation is 1. The zero-order valence-electron chi connectivity index (χ0n) is 19.7. The van der Waals surface area contributed by atoms with Gasteiger partial charge >= 0.3 is 31.5 Å². The second kappa shape index (κ2) is 11.2. The van der Waals surface area contributed by atoms with Gasteiger partial charge in [-0.15, -0.1) is 0 Å². The monoisotopic (exact) mass is 514 g/mol. The van der Waals surface area contributed by atoms with E-state index in [1.807, 2.05) is 12.1 Å². The van der Waals surface area contributed by atoms with Crippen LogP contribution in [-0.4, -0.2) is 67.4 Å². The first-order valence-electron chi connectivity index (χ1n) is 10.8. The lowest BCUT2D eigenvalue weighted by Crippen LogP contribution is -2.62.